The third-order valence-corrected chi connectivity index (χ3v) is 11.3. The maximum Gasteiger partial charge on any atom is 0.319 e. The number of rotatable bonds is 13. The summed E-state index contributed by atoms with van der Waals surface area (Å²) >= 11 is 0. The van der Waals surface area contributed by atoms with Gasteiger partial charge < -0.3 is 29.5 Å². The van der Waals surface area contributed by atoms with Crippen LogP contribution in [0.1, 0.15) is 64.6 Å². The number of fused-ring (bicyclic) bond motifs is 4. The zero-order chi connectivity index (χ0) is 39.1. The number of nitrogens with one attached hydrogen (secondary N) is 1. The Bertz CT molecular complexity index is 2360. The lowest BCUT2D eigenvalue weighted by atomic mass is 9.94. The highest BCUT2D eigenvalue weighted by Crippen LogP contribution is 2.44. The Morgan fingerprint density at radius 2 is 1.75 bits per heavy atom. The van der Waals surface area contributed by atoms with Crippen LogP contribution in [0.3, 0.4) is 0 Å². The molecule has 0 radical (unpaired) electrons. The van der Waals surface area contributed by atoms with Crippen LogP contribution in [0.5, 0.6) is 17.5 Å². The molecule has 2 fully saturated rings. The first kappa shape index (κ1) is 37.5. The van der Waals surface area contributed by atoms with Gasteiger partial charge in [-0.25, -0.2) is 9.07 Å². The van der Waals surface area contributed by atoms with Gasteiger partial charge in [0.15, 0.2) is 5.75 Å². The number of aromatic nitrogens is 6. The topological polar surface area (TPSA) is 133 Å². The Kier molecular flexibility index (Phi) is 10.5. The summed E-state index contributed by atoms with van der Waals surface area (Å²) in [6, 6.07) is 15.5. The first-order valence-corrected chi connectivity index (χ1v) is 19.6. The summed E-state index contributed by atoms with van der Waals surface area (Å²) in [5, 5.41) is 25.6. The lowest BCUT2D eigenvalue weighted by Crippen LogP contribution is -2.51. The molecule has 3 aromatic heterocycles. The van der Waals surface area contributed by atoms with Gasteiger partial charge in [0, 0.05) is 49.6 Å². The van der Waals surface area contributed by atoms with E-state index in [2.05, 4.69) is 41.3 Å². The van der Waals surface area contributed by atoms with Crippen molar-refractivity contribution in [2.24, 2.45) is 5.92 Å². The van der Waals surface area contributed by atoms with E-state index in [0.717, 1.165) is 42.8 Å². The molecule has 5 heterocycles. The molecule has 12 nitrogen and oxygen atoms in total. The number of benzene rings is 3. The van der Waals surface area contributed by atoms with E-state index >= 15 is 4.39 Å². The maximum absolute atomic E-state index is 15.4. The van der Waals surface area contributed by atoms with Gasteiger partial charge in [0.1, 0.15) is 47.5 Å². The molecule has 4 atom stereocenters. The van der Waals surface area contributed by atoms with Crippen molar-refractivity contribution in [3.63, 3.8) is 0 Å². The van der Waals surface area contributed by atoms with E-state index in [1.165, 1.54) is 6.07 Å². The van der Waals surface area contributed by atoms with Crippen LogP contribution in [-0.2, 0) is 17.8 Å². The summed E-state index contributed by atoms with van der Waals surface area (Å²) in [6.45, 7) is 12.3. The molecule has 0 saturated carbocycles. The van der Waals surface area contributed by atoms with Crippen LogP contribution in [0.15, 0.2) is 60.9 Å². The molecule has 13 heteroatoms. The molecular weight excluding hydrogens is 712 g/mol. The number of aryl methyl sites for hydroxylation is 1. The van der Waals surface area contributed by atoms with Crippen LogP contribution in [0.2, 0.25) is 0 Å². The van der Waals surface area contributed by atoms with Gasteiger partial charge in [-0.05, 0) is 79.1 Å². The molecular formula is C43H49FN8O4. The molecule has 2 bridgehead atoms. The van der Waals surface area contributed by atoms with Gasteiger partial charge >= 0.3 is 6.01 Å². The third-order valence-electron chi connectivity index (χ3n) is 11.3. The summed E-state index contributed by atoms with van der Waals surface area (Å²) in [5.74, 6) is 1.22. The number of aromatic hydroxyl groups is 1. The van der Waals surface area contributed by atoms with Crippen LogP contribution < -0.4 is 19.7 Å². The van der Waals surface area contributed by atoms with Crippen LogP contribution in [0.25, 0.3) is 44.2 Å². The fourth-order valence-electron chi connectivity index (χ4n) is 7.77. The number of nitrogens with zero attached hydrogens (tertiary/aromatic N) is 7. The minimum absolute atomic E-state index is 0.0292. The van der Waals surface area contributed by atoms with E-state index in [-0.39, 0.29) is 42.9 Å². The smallest absolute Gasteiger partial charge is 0.319 e. The Balaban J connectivity index is 1.26. The van der Waals surface area contributed by atoms with Crippen molar-refractivity contribution < 1.29 is 23.7 Å². The summed E-state index contributed by atoms with van der Waals surface area (Å²) in [4.78, 5) is 17.3. The molecule has 6 aromatic rings. The van der Waals surface area contributed by atoms with Crippen molar-refractivity contribution in [1.29, 1.82) is 0 Å². The average Bonchev–Trinajstić information content (AvgIpc) is 3.84. The molecule has 0 spiro atoms. The SMILES string of the molecule is CCc1c(F)ccc2cc(O)cc(-c3ncc4c(N5CC6CCC(C5)N6)nc(OC[C@H](C)OC)nc4c3OCc3ccc(-c4cn(C(C)C(C)C)nn4)cc3)c12. The number of piperazine rings is 1. The Labute approximate surface area is 326 Å². The highest BCUT2D eigenvalue weighted by Gasteiger charge is 2.34. The lowest BCUT2D eigenvalue weighted by molar-refractivity contribution is 0.0682. The average molecular weight is 761 g/mol. The second kappa shape index (κ2) is 15.6. The Hall–Kier alpha value is -5.40. The summed E-state index contributed by atoms with van der Waals surface area (Å²) < 4.78 is 35.8. The molecule has 2 aliphatic heterocycles. The zero-order valence-electron chi connectivity index (χ0n) is 32.8. The number of hydrogen-bond donors (Lipinski definition) is 2. The zero-order valence-corrected chi connectivity index (χ0v) is 32.8. The van der Waals surface area contributed by atoms with Crippen molar-refractivity contribution in [1.82, 2.24) is 35.3 Å². The van der Waals surface area contributed by atoms with Gasteiger partial charge in [0.25, 0.3) is 0 Å². The predicted octanol–water partition coefficient (Wildman–Crippen LogP) is 7.66. The number of methoxy groups -OCH3 is 1. The van der Waals surface area contributed by atoms with E-state index in [1.54, 1.807) is 31.5 Å². The minimum atomic E-state index is -0.324. The first-order valence-electron chi connectivity index (χ1n) is 19.6. The molecule has 2 saturated heterocycles. The molecule has 0 aliphatic carbocycles. The second-order valence-corrected chi connectivity index (χ2v) is 15.5. The largest absolute Gasteiger partial charge is 0.508 e. The summed E-state index contributed by atoms with van der Waals surface area (Å²) in [7, 11) is 1.64. The van der Waals surface area contributed by atoms with Crippen molar-refractivity contribution >= 4 is 27.5 Å². The van der Waals surface area contributed by atoms with Crippen LogP contribution in [-0.4, -0.2) is 80.0 Å². The standard InChI is InChI=1S/C43H49FN8O4/c1-7-33-36(44)15-12-29-16-32(53)17-34(38(29)33)39-41(55-23-27-8-10-28(11-9-27)37-21-52(50-49-37)26(5)24(2)3)40-35(18-45-39)42(48-43(47-40)56-22-25(4)54-6)51-19-30-13-14-31(20-51)46-30/h8-12,15-18,21,24-26,30-31,46,53H,7,13-14,19-20,22-23H2,1-6H3/t25-,26?,30?,31?/m0/s1. The van der Waals surface area contributed by atoms with Crippen molar-refractivity contribution in [2.75, 3.05) is 31.7 Å². The number of phenols is 1. The van der Waals surface area contributed by atoms with Crippen molar-refractivity contribution in [2.45, 2.75) is 84.7 Å². The number of hydrogen-bond acceptors (Lipinski definition) is 11. The van der Waals surface area contributed by atoms with Gasteiger partial charge in [-0.15, -0.1) is 5.10 Å². The lowest BCUT2D eigenvalue weighted by Gasteiger charge is -2.34. The number of halogens is 1. The van der Waals surface area contributed by atoms with Crippen LogP contribution in [0.4, 0.5) is 10.2 Å². The maximum atomic E-state index is 15.4. The fraction of sp³-hybridized carbons (Fsp3) is 0.419. The number of ether oxygens (including phenoxy) is 3. The van der Waals surface area contributed by atoms with E-state index in [0.29, 0.717) is 74.5 Å². The molecule has 2 aliphatic rings. The summed E-state index contributed by atoms with van der Waals surface area (Å²) in [6.07, 6.45) is 6.19. The van der Waals surface area contributed by atoms with Gasteiger partial charge in [0.2, 0.25) is 0 Å². The normalized spacial score (nSPS) is 17.9. The molecule has 292 valence electrons. The molecule has 0 amide bonds. The molecule has 3 unspecified atom stereocenters. The van der Waals surface area contributed by atoms with Crippen LogP contribution >= 0.6 is 0 Å². The van der Waals surface area contributed by atoms with Gasteiger partial charge in [-0.3, -0.25) is 4.98 Å². The molecule has 56 heavy (non-hydrogen) atoms. The number of phenolic OH excluding ortho intramolecular Hbond substituents is 1. The highest BCUT2D eigenvalue weighted by molar-refractivity contribution is 6.04. The first-order chi connectivity index (χ1) is 27.1. The van der Waals surface area contributed by atoms with Crippen LogP contribution in [0, 0.1) is 11.7 Å². The fourth-order valence-corrected chi connectivity index (χ4v) is 7.77. The van der Waals surface area contributed by atoms with Gasteiger partial charge in [-0.2, -0.15) is 9.97 Å². The van der Waals surface area contributed by atoms with Gasteiger partial charge in [-0.1, -0.05) is 56.3 Å². The van der Waals surface area contributed by atoms with E-state index in [9.17, 15) is 5.11 Å². The van der Waals surface area contributed by atoms with Crippen molar-refractivity contribution in [3.8, 4) is 40.0 Å². The van der Waals surface area contributed by atoms with Gasteiger partial charge in [0.05, 0.1) is 23.7 Å². The number of pyridine rings is 1. The number of anilines is 1. The van der Waals surface area contributed by atoms with E-state index in [4.69, 9.17) is 29.2 Å². The molecule has 8 rings (SSSR count). The predicted molar refractivity (Wildman–Crippen MR) is 215 cm³/mol. The quantitative estimate of drug-likeness (QED) is 0.120. The van der Waals surface area contributed by atoms with E-state index < -0.39 is 0 Å². The molecule has 3 aromatic carbocycles. The monoisotopic (exact) mass is 760 g/mol. The van der Waals surface area contributed by atoms with E-state index in [1.807, 2.05) is 49.0 Å². The van der Waals surface area contributed by atoms with Crippen molar-refractivity contribution in [3.05, 3.63) is 77.9 Å². The summed E-state index contributed by atoms with van der Waals surface area (Å²) in [5.41, 5.74) is 4.63. The minimum Gasteiger partial charge on any atom is -0.508 e. The Morgan fingerprint density at radius 3 is 2.46 bits per heavy atom. The third kappa shape index (κ3) is 7.33. The highest BCUT2D eigenvalue weighted by atomic mass is 19.1. The molecule has 2 N–H and O–H groups in total. The second-order valence-electron chi connectivity index (χ2n) is 15.5. The Morgan fingerprint density at radius 1 is 0.982 bits per heavy atom.